The van der Waals surface area contributed by atoms with E-state index in [-0.39, 0.29) is 23.7 Å². The first kappa shape index (κ1) is 19.0. The summed E-state index contributed by atoms with van der Waals surface area (Å²) in [5.74, 6) is -0.556. The van der Waals surface area contributed by atoms with Crippen molar-refractivity contribution in [2.24, 2.45) is 10.9 Å². The first-order chi connectivity index (χ1) is 13.0. The summed E-state index contributed by atoms with van der Waals surface area (Å²) in [7, 11) is 0. The predicted octanol–water partition coefficient (Wildman–Crippen LogP) is 2.56. The van der Waals surface area contributed by atoms with Gasteiger partial charge < -0.3 is 5.32 Å². The van der Waals surface area contributed by atoms with Crippen LogP contribution >= 0.6 is 0 Å². The fourth-order valence-electron chi connectivity index (χ4n) is 3.58. The van der Waals surface area contributed by atoms with Crippen molar-refractivity contribution < 1.29 is 9.59 Å². The maximum Gasteiger partial charge on any atom is 0.253 e. The molecule has 2 amide bonds. The van der Waals surface area contributed by atoms with E-state index in [0.29, 0.717) is 13.0 Å². The van der Waals surface area contributed by atoms with E-state index in [9.17, 15) is 9.59 Å². The van der Waals surface area contributed by atoms with E-state index < -0.39 is 0 Å². The van der Waals surface area contributed by atoms with Crippen LogP contribution in [0, 0.1) is 19.8 Å². The molecule has 4 heteroatoms. The van der Waals surface area contributed by atoms with Gasteiger partial charge >= 0.3 is 0 Å². The largest absolute Gasteiger partial charge is 0.356 e. The first-order valence-electron chi connectivity index (χ1n) is 9.54. The average molecular weight is 362 g/mol. The number of benzene rings is 2. The normalized spacial score (nSPS) is 16.7. The van der Waals surface area contributed by atoms with Crippen LogP contribution in [0.15, 0.2) is 47.5 Å². The smallest absolute Gasteiger partial charge is 0.253 e. The van der Waals surface area contributed by atoms with Crippen LogP contribution in [0.4, 0.5) is 0 Å². The molecule has 2 aromatic carbocycles. The summed E-state index contributed by atoms with van der Waals surface area (Å²) in [6.07, 6.45) is 3.31. The Balaban J connectivity index is 1.67. The molecule has 1 aliphatic heterocycles. The van der Waals surface area contributed by atoms with E-state index in [0.717, 1.165) is 33.7 Å². The summed E-state index contributed by atoms with van der Waals surface area (Å²) in [6, 6.07) is 13.9. The zero-order valence-electron chi connectivity index (χ0n) is 16.2. The van der Waals surface area contributed by atoms with Crippen molar-refractivity contribution in [2.45, 2.75) is 39.5 Å². The van der Waals surface area contributed by atoms with Gasteiger partial charge in [0, 0.05) is 11.8 Å². The van der Waals surface area contributed by atoms with E-state index in [1.54, 1.807) is 0 Å². The van der Waals surface area contributed by atoms with Gasteiger partial charge in [0.2, 0.25) is 5.91 Å². The van der Waals surface area contributed by atoms with Crippen LogP contribution in [0.3, 0.4) is 0 Å². The zero-order chi connectivity index (χ0) is 19.4. The molecule has 0 fully saturated rings. The Hall–Kier alpha value is -2.75. The second-order valence-electron chi connectivity index (χ2n) is 7.14. The van der Waals surface area contributed by atoms with Crippen LogP contribution in [-0.4, -0.2) is 18.4 Å². The average Bonchev–Trinajstić information content (AvgIpc) is 2.67. The summed E-state index contributed by atoms with van der Waals surface area (Å²) >= 11 is 0. The van der Waals surface area contributed by atoms with Crippen molar-refractivity contribution in [2.75, 3.05) is 6.54 Å². The number of carbonyl (C=O) groups excluding carboxylic acids is 2. The van der Waals surface area contributed by atoms with Gasteiger partial charge in [-0.1, -0.05) is 55.5 Å². The maximum absolute atomic E-state index is 12.6. The number of nitrogens with zero attached hydrogens (tertiary/aromatic N) is 1. The Labute approximate surface area is 160 Å². The Morgan fingerprint density at radius 1 is 1.11 bits per heavy atom. The summed E-state index contributed by atoms with van der Waals surface area (Å²) in [4.78, 5) is 29.3. The summed E-state index contributed by atoms with van der Waals surface area (Å²) < 4.78 is 0. The van der Waals surface area contributed by atoms with Gasteiger partial charge in [-0.05, 0) is 43.4 Å². The highest BCUT2D eigenvalue weighted by atomic mass is 16.2. The fourth-order valence-corrected chi connectivity index (χ4v) is 3.58. The molecule has 4 nitrogen and oxygen atoms in total. The van der Waals surface area contributed by atoms with E-state index in [1.165, 1.54) is 0 Å². The summed E-state index contributed by atoms with van der Waals surface area (Å²) in [5.41, 5.74) is 3.16. The molecule has 0 saturated heterocycles. The second-order valence-corrected chi connectivity index (χ2v) is 7.14. The molecule has 1 aliphatic rings. The van der Waals surface area contributed by atoms with Crippen molar-refractivity contribution in [1.29, 1.82) is 0 Å². The second kappa shape index (κ2) is 8.30. The molecule has 0 aliphatic carbocycles. The Kier molecular flexibility index (Phi) is 5.84. The van der Waals surface area contributed by atoms with Gasteiger partial charge in [0.05, 0.1) is 17.2 Å². The molecule has 0 saturated carbocycles. The lowest BCUT2D eigenvalue weighted by molar-refractivity contribution is -0.123. The lowest BCUT2D eigenvalue weighted by atomic mass is 9.95. The molecule has 2 unspecified atom stereocenters. The van der Waals surface area contributed by atoms with Crippen LogP contribution in [-0.2, 0) is 9.59 Å². The Morgan fingerprint density at radius 2 is 1.81 bits per heavy atom. The number of aryl methyl sites for hydroxylation is 2. The van der Waals surface area contributed by atoms with Crippen LogP contribution in [0.2, 0.25) is 0 Å². The van der Waals surface area contributed by atoms with Gasteiger partial charge in [0.1, 0.15) is 0 Å². The van der Waals surface area contributed by atoms with Gasteiger partial charge in [-0.2, -0.15) is 0 Å². The Bertz CT molecular complexity index is 964. The van der Waals surface area contributed by atoms with Gasteiger partial charge in [-0.15, -0.1) is 0 Å². The maximum atomic E-state index is 12.6. The summed E-state index contributed by atoms with van der Waals surface area (Å²) in [6.45, 7) is 6.48. The lowest BCUT2D eigenvalue weighted by Crippen LogP contribution is -2.38. The molecule has 1 N–H and O–H groups in total. The number of rotatable bonds is 6. The molecule has 27 heavy (non-hydrogen) atoms. The third-order valence-corrected chi connectivity index (χ3v) is 5.23. The minimum Gasteiger partial charge on any atom is -0.356 e. The summed E-state index contributed by atoms with van der Waals surface area (Å²) in [5, 5.41) is 4.83. The zero-order valence-corrected chi connectivity index (χ0v) is 16.2. The molecule has 0 spiro atoms. The number of hydrogen-bond acceptors (Lipinski definition) is 2. The molecule has 2 atom stereocenters. The van der Waals surface area contributed by atoms with E-state index in [1.807, 2.05) is 63.2 Å². The molecule has 140 valence electrons. The number of fused-ring (bicyclic) bond motifs is 1. The molecular formula is C23H26N2O2. The van der Waals surface area contributed by atoms with E-state index in [4.69, 9.17) is 0 Å². The molecule has 0 aromatic heterocycles. The van der Waals surface area contributed by atoms with E-state index >= 15 is 0 Å². The highest BCUT2D eigenvalue weighted by Gasteiger charge is 2.21. The van der Waals surface area contributed by atoms with Gasteiger partial charge in [-0.3, -0.25) is 9.59 Å². The standard InChI is InChI=1S/C23H26N2O2/c1-4-19(17-8-6-5-7-9-17)23(27)24-13-12-18-14-20-15(2)10-11-16(3)21(20)25-22(18)26/h5-11,14,18-19H,4,12-13H2,1-3H3,(H,24,27). The topological polar surface area (TPSA) is 58.5 Å². The first-order valence-corrected chi connectivity index (χ1v) is 9.54. The van der Waals surface area contributed by atoms with E-state index in [2.05, 4.69) is 16.4 Å². The van der Waals surface area contributed by atoms with Crippen molar-refractivity contribution >= 4 is 17.9 Å². The molecule has 0 bridgehead atoms. The van der Waals surface area contributed by atoms with Crippen LogP contribution in [0.5, 0.6) is 0 Å². The number of hydrogen-bond donors (Lipinski definition) is 1. The predicted molar refractivity (Wildman–Crippen MR) is 107 cm³/mol. The molecular weight excluding hydrogens is 336 g/mol. The quantitative estimate of drug-likeness (QED) is 0.859. The lowest BCUT2D eigenvalue weighted by Gasteiger charge is -2.17. The van der Waals surface area contributed by atoms with Crippen LogP contribution in [0.25, 0.3) is 6.08 Å². The minimum absolute atomic E-state index is 0.0105. The van der Waals surface area contributed by atoms with Gasteiger partial charge in [0.15, 0.2) is 0 Å². The molecule has 1 heterocycles. The van der Waals surface area contributed by atoms with Crippen molar-refractivity contribution in [1.82, 2.24) is 5.32 Å². The highest BCUT2D eigenvalue weighted by Crippen LogP contribution is 2.19. The molecule has 3 rings (SSSR count). The molecule has 2 aromatic rings. The SMILES string of the molecule is CCC(C(=O)NCCC1C=c2c(C)ccc(C)c2=NC1=O)c1ccccc1. The number of amides is 2. The minimum atomic E-state index is -0.282. The third-order valence-electron chi connectivity index (χ3n) is 5.23. The number of nitrogens with one attached hydrogen (secondary N) is 1. The molecule has 0 radical (unpaired) electrons. The van der Waals surface area contributed by atoms with Crippen molar-refractivity contribution in [3.8, 4) is 0 Å². The van der Waals surface area contributed by atoms with Crippen LogP contribution in [0.1, 0.15) is 42.4 Å². The van der Waals surface area contributed by atoms with Crippen molar-refractivity contribution in [3.05, 3.63) is 69.7 Å². The van der Waals surface area contributed by atoms with Gasteiger partial charge in [-0.25, -0.2) is 4.99 Å². The van der Waals surface area contributed by atoms with Crippen LogP contribution < -0.4 is 15.9 Å². The fraction of sp³-hybridized carbons (Fsp3) is 0.348. The Morgan fingerprint density at radius 3 is 2.52 bits per heavy atom. The van der Waals surface area contributed by atoms with Crippen molar-refractivity contribution in [3.63, 3.8) is 0 Å². The number of carbonyl (C=O) groups is 2. The van der Waals surface area contributed by atoms with Gasteiger partial charge in [0.25, 0.3) is 5.91 Å². The highest BCUT2D eigenvalue weighted by molar-refractivity contribution is 5.87. The third kappa shape index (κ3) is 4.16. The monoisotopic (exact) mass is 362 g/mol.